The number of carbonyl (C=O) groups excluding carboxylic acids is 2. The molecule has 1 saturated heterocycles. The maximum absolute atomic E-state index is 13.2. The summed E-state index contributed by atoms with van der Waals surface area (Å²) in [4.78, 5) is 30.1. The third-order valence-electron chi connectivity index (χ3n) is 6.15. The van der Waals surface area contributed by atoms with Crippen molar-refractivity contribution < 1.29 is 19.4 Å². The number of hydrogen-bond donors (Lipinski definition) is 1. The molecule has 1 heterocycles. The van der Waals surface area contributed by atoms with Crippen molar-refractivity contribution in [1.82, 2.24) is 9.80 Å². The normalized spacial score (nSPS) is 17.6. The SMILES string of the molecule is CCCCOc1cccc(C2/C(=C(\O)c3ccc(Cl)cc3)C(=O)C(=O)N2CCN(CC)CC)c1. The van der Waals surface area contributed by atoms with Gasteiger partial charge in [0, 0.05) is 23.7 Å². The highest BCUT2D eigenvalue weighted by Crippen LogP contribution is 2.40. The van der Waals surface area contributed by atoms with Crippen molar-refractivity contribution in [2.75, 3.05) is 32.8 Å². The van der Waals surface area contributed by atoms with Crippen molar-refractivity contribution in [3.05, 3.63) is 70.3 Å². The van der Waals surface area contributed by atoms with Crippen LogP contribution >= 0.6 is 11.6 Å². The van der Waals surface area contributed by atoms with E-state index in [1.54, 1.807) is 29.2 Å². The molecule has 6 nitrogen and oxygen atoms in total. The molecule has 182 valence electrons. The van der Waals surface area contributed by atoms with Gasteiger partial charge in [0.25, 0.3) is 11.7 Å². The third-order valence-corrected chi connectivity index (χ3v) is 6.40. The molecule has 2 aromatic carbocycles. The molecule has 1 atom stereocenters. The third kappa shape index (κ3) is 5.80. The highest BCUT2D eigenvalue weighted by Gasteiger charge is 2.46. The summed E-state index contributed by atoms with van der Waals surface area (Å²) in [5, 5.41) is 11.7. The number of unbranched alkanes of at least 4 members (excludes halogenated alkanes) is 1. The first-order valence-electron chi connectivity index (χ1n) is 11.9. The Morgan fingerprint density at radius 3 is 2.44 bits per heavy atom. The van der Waals surface area contributed by atoms with Gasteiger partial charge in [-0.1, -0.05) is 50.9 Å². The highest BCUT2D eigenvalue weighted by molar-refractivity contribution is 6.46. The molecule has 0 aromatic heterocycles. The Bertz CT molecular complexity index is 1030. The van der Waals surface area contributed by atoms with E-state index in [9.17, 15) is 14.7 Å². The van der Waals surface area contributed by atoms with E-state index >= 15 is 0 Å². The minimum atomic E-state index is -0.707. The lowest BCUT2D eigenvalue weighted by Crippen LogP contribution is -2.38. The number of aliphatic hydroxyl groups is 1. The van der Waals surface area contributed by atoms with E-state index in [1.165, 1.54) is 0 Å². The van der Waals surface area contributed by atoms with Crippen LogP contribution in [0.1, 0.15) is 50.8 Å². The van der Waals surface area contributed by atoms with Gasteiger partial charge < -0.3 is 19.6 Å². The monoisotopic (exact) mass is 484 g/mol. The number of likely N-dealkylation sites (N-methyl/N-ethyl adjacent to an activating group) is 1. The molecule has 0 bridgehead atoms. The van der Waals surface area contributed by atoms with Crippen LogP contribution in [0.25, 0.3) is 5.76 Å². The van der Waals surface area contributed by atoms with E-state index in [0.29, 0.717) is 36.0 Å². The zero-order valence-corrected chi connectivity index (χ0v) is 20.8. The van der Waals surface area contributed by atoms with Gasteiger partial charge in [-0.15, -0.1) is 0 Å². The molecular weight excluding hydrogens is 452 g/mol. The van der Waals surface area contributed by atoms with Gasteiger partial charge in [0.1, 0.15) is 11.5 Å². The summed E-state index contributed by atoms with van der Waals surface area (Å²) in [6, 6.07) is 13.3. The number of aliphatic hydroxyl groups excluding tert-OH is 1. The van der Waals surface area contributed by atoms with Gasteiger partial charge >= 0.3 is 0 Å². The van der Waals surface area contributed by atoms with Crippen molar-refractivity contribution in [3.8, 4) is 5.75 Å². The van der Waals surface area contributed by atoms with Gasteiger partial charge in [-0.25, -0.2) is 0 Å². The van der Waals surface area contributed by atoms with Crippen LogP contribution in [-0.4, -0.2) is 59.4 Å². The Kier molecular flexibility index (Phi) is 9.13. The summed E-state index contributed by atoms with van der Waals surface area (Å²) >= 11 is 6.00. The minimum absolute atomic E-state index is 0.0811. The largest absolute Gasteiger partial charge is 0.507 e. The predicted octanol–water partition coefficient (Wildman–Crippen LogP) is 5.28. The van der Waals surface area contributed by atoms with Gasteiger partial charge in [0.15, 0.2) is 0 Å². The van der Waals surface area contributed by atoms with Crippen molar-refractivity contribution >= 4 is 29.1 Å². The summed E-state index contributed by atoms with van der Waals surface area (Å²) in [6.07, 6.45) is 1.95. The molecule has 1 aliphatic rings. The number of hydrogen-bond acceptors (Lipinski definition) is 5. The molecule has 1 unspecified atom stereocenters. The van der Waals surface area contributed by atoms with Crippen molar-refractivity contribution in [2.45, 2.75) is 39.7 Å². The molecule has 1 amide bonds. The average Bonchev–Trinajstić information content (AvgIpc) is 3.10. The van der Waals surface area contributed by atoms with Crippen LogP contribution in [0.5, 0.6) is 5.75 Å². The smallest absolute Gasteiger partial charge is 0.295 e. The van der Waals surface area contributed by atoms with Crippen LogP contribution in [0.4, 0.5) is 0 Å². The van der Waals surface area contributed by atoms with E-state index in [-0.39, 0.29) is 11.3 Å². The van der Waals surface area contributed by atoms with Gasteiger partial charge in [-0.05, 0) is 61.5 Å². The molecule has 0 radical (unpaired) electrons. The number of carbonyl (C=O) groups is 2. The summed E-state index contributed by atoms with van der Waals surface area (Å²) in [5.41, 5.74) is 1.24. The number of halogens is 1. The van der Waals surface area contributed by atoms with Gasteiger partial charge in [0.2, 0.25) is 0 Å². The maximum Gasteiger partial charge on any atom is 0.295 e. The van der Waals surface area contributed by atoms with Crippen LogP contribution in [0.15, 0.2) is 54.1 Å². The first-order chi connectivity index (χ1) is 16.4. The molecule has 2 aromatic rings. The van der Waals surface area contributed by atoms with Gasteiger partial charge in [-0.3, -0.25) is 9.59 Å². The van der Waals surface area contributed by atoms with Crippen LogP contribution < -0.4 is 4.74 Å². The molecule has 34 heavy (non-hydrogen) atoms. The van der Waals surface area contributed by atoms with E-state index in [2.05, 4.69) is 25.7 Å². The van der Waals surface area contributed by atoms with E-state index in [0.717, 1.165) is 31.5 Å². The lowest BCUT2D eigenvalue weighted by Gasteiger charge is -2.28. The molecule has 1 fully saturated rings. The van der Waals surface area contributed by atoms with Crippen LogP contribution in [0.3, 0.4) is 0 Å². The number of amides is 1. The Morgan fingerprint density at radius 1 is 1.09 bits per heavy atom. The molecule has 0 spiro atoms. The standard InChI is InChI=1S/C27H33ClN2O4/c1-4-7-17-34-22-10-8-9-20(18-22)24-23(25(31)19-11-13-21(28)14-12-19)26(32)27(33)30(24)16-15-29(5-2)6-3/h8-14,18,24,31H,4-7,15-17H2,1-3H3/b25-23+. The van der Waals surface area contributed by atoms with E-state index in [4.69, 9.17) is 16.3 Å². The molecule has 0 aliphatic carbocycles. The summed E-state index contributed by atoms with van der Waals surface area (Å²) in [6.45, 7) is 9.50. The van der Waals surface area contributed by atoms with Crippen LogP contribution in [-0.2, 0) is 9.59 Å². The fourth-order valence-electron chi connectivity index (χ4n) is 4.12. The molecule has 1 aliphatic heterocycles. The van der Waals surface area contributed by atoms with Crippen LogP contribution in [0.2, 0.25) is 5.02 Å². The molecule has 3 rings (SSSR count). The summed E-state index contributed by atoms with van der Waals surface area (Å²) in [5.74, 6) is -0.825. The second-order valence-corrected chi connectivity index (χ2v) is 8.74. The lowest BCUT2D eigenvalue weighted by molar-refractivity contribution is -0.140. The van der Waals surface area contributed by atoms with Crippen molar-refractivity contribution in [3.63, 3.8) is 0 Å². The minimum Gasteiger partial charge on any atom is -0.507 e. The average molecular weight is 485 g/mol. The first kappa shape index (κ1) is 25.8. The number of Topliss-reactive ketones (excluding diaryl/α,β-unsaturated/α-hetero) is 1. The summed E-state index contributed by atoms with van der Waals surface area (Å²) in [7, 11) is 0. The molecule has 0 saturated carbocycles. The molecule has 7 heteroatoms. The number of ether oxygens (including phenoxy) is 1. The van der Waals surface area contributed by atoms with Crippen molar-refractivity contribution in [2.24, 2.45) is 0 Å². The number of nitrogens with zero attached hydrogens (tertiary/aromatic N) is 2. The maximum atomic E-state index is 13.2. The molecule has 1 N–H and O–H groups in total. The van der Waals surface area contributed by atoms with Crippen LogP contribution in [0, 0.1) is 0 Å². The Morgan fingerprint density at radius 2 is 1.79 bits per heavy atom. The number of ketones is 1. The highest BCUT2D eigenvalue weighted by atomic mass is 35.5. The lowest BCUT2D eigenvalue weighted by atomic mass is 9.95. The Labute approximate surface area is 206 Å². The van der Waals surface area contributed by atoms with E-state index in [1.807, 2.05) is 24.3 Å². The Hall–Kier alpha value is -2.83. The zero-order valence-electron chi connectivity index (χ0n) is 20.1. The number of rotatable bonds is 11. The quantitative estimate of drug-likeness (QED) is 0.203. The van der Waals surface area contributed by atoms with E-state index < -0.39 is 17.7 Å². The second kappa shape index (κ2) is 12.0. The topological polar surface area (TPSA) is 70.1 Å². The Balaban J connectivity index is 2.06. The fraction of sp³-hybridized carbons (Fsp3) is 0.407. The van der Waals surface area contributed by atoms with Crippen molar-refractivity contribution in [1.29, 1.82) is 0 Å². The van der Waals surface area contributed by atoms with Gasteiger partial charge in [-0.2, -0.15) is 0 Å². The predicted molar refractivity (Wildman–Crippen MR) is 135 cm³/mol. The first-order valence-corrected chi connectivity index (χ1v) is 12.3. The second-order valence-electron chi connectivity index (χ2n) is 8.30. The number of likely N-dealkylation sites (tertiary alicyclic amines) is 1. The van der Waals surface area contributed by atoms with Gasteiger partial charge in [0.05, 0.1) is 18.2 Å². The fourth-order valence-corrected chi connectivity index (χ4v) is 4.24. The number of benzene rings is 2. The molecular formula is C27H33ClN2O4. The zero-order chi connectivity index (χ0) is 24.7. The summed E-state index contributed by atoms with van der Waals surface area (Å²) < 4.78 is 5.87.